The second-order valence-electron chi connectivity index (χ2n) is 9.88. The van der Waals surface area contributed by atoms with E-state index in [1.165, 1.54) is 29.8 Å². The highest BCUT2D eigenvalue weighted by Gasteiger charge is 2.51. The van der Waals surface area contributed by atoms with Crippen molar-refractivity contribution in [2.24, 2.45) is 5.92 Å². The van der Waals surface area contributed by atoms with Crippen LogP contribution in [0.15, 0.2) is 48.5 Å². The van der Waals surface area contributed by atoms with E-state index in [9.17, 15) is 23.1 Å². The smallest absolute Gasteiger partial charge is 0.376 e. The lowest BCUT2D eigenvalue weighted by molar-refractivity contribution is -0.258. The molecule has 4 atom stereocenters. The maximum absolute atomic E-state index is 13.5. The highest BCUT2D eigenvalue weighted by Crippen LogP contribution is 2.43. The van der Waals surface area contributed by atoms with Crippen LogP contribution in [0.5, 0.6) is 0 Å². The summed E-state index contributed by atoms with van der Waals surface area (Å²) in [6.07, 6.45) is -0.203. The zero-order chi connectivity index (χ0) is 24.7. The Morgan fingerprint density at radius 1 is 1.03 bits per heavy atom. The number of hydrogen-bond acceptors (Lipinski definition) is 3. The highest BCUT2D eigenvalue weighted by molar-refractivity contribution is 5.95. The average Bonchev–Trinajstić information content (AvgIpc) is 3.65. The molecule has 0 heterocycles. The van der Waals surface area contributed by atoms with E-state index in [1.54, 1.807) is 0 Å². The monoisotopic (exact) mass is 470 g/mol. The Hall–Kier alpha value is -2.85. The number of hydrogen-bond donors (Lipinski definition) is 1. The minimum Gasteiger partial charge on any atom is -0.376 e. The molecule has 1 amide bonds. The second-order valence-corrected chi connectivity index (χ2v) is 9.88. The van der Waals surface area contributed by atoms with Crippen LogP contribution in [0.3, 0.4) is 0 Å². The lowest BCUT2D eigenvalue weighted by atomic mass is 9.75. The van der Waals surface area contributed by atoms with Gasteiger partial charge in [0, 0.05) is 17.6 Å². The minimum absolute atomic E-state index is 0.0765. The van der Waals surface area contributed by atoms with Crippen LogP contribution in [0.1, 0.15) is 78.9 Å². The Morgan fingerprint density at radius 3 is 2.15 bits per heavy atom. The largest absolute Gasteiger partial charge is 0.421 e. The van der Waals surface area contributed by atoms with Crippen LogP contribution >= 0.6 is 0 Å². The number of halogens is 3. The van der Waals surface area contributed by atoms with Crippen LogP contribution in [-0.4, -0.2) is 34.2 Å². The number of carbonyl (C=O) groups is 1. The van der Waals surface area contributed by atoms with Gasteiger partial charge in [-0.05, 0) is 86.3 Å². The van der Waals surface area contributed by atoms with Gasteiger partial charge in [-0.2, -0.15) is 18.4 Å². The van der Waals surface area contributed by atoms with Crippen LogP contribution in [0.25, 0.3) is 0 Å². The van der Waals surface area contributed by atoms with E-state index < -0.39 is 11.8 Å². The quantitative estimate of drug-likeness (QED) is 0.591. The predicted octanol–water partition coefficient (Wildman–Crippen LogP) is 5.91. The van der Waals surface area contributed by atoms with E-state index in [-0.39, 0.29) is 29.5 Å². The molecular formula is C27H29F3N2O2. The lowest BCUT2D eigenvalue weighted by Gasteiger charge is -2.42. The third-order valence-electron chi connectivity index (χ3n) is 7.41. The molecule has 0 aromatic heterocycles. The van der Waals surface area contributed by atoms with E-state index in [0.29, 0.717) is 24.0 Å². The lowest BCUT2D eigenvalue weighted by Crippen LogP contribution is -2.47. The Balaban J connectivity index is 1.49. The van der Waals surface area contributed by atoms with E-state index in [4.69, 9.17) is 5.26 Å². The molecule has 0 unspecified atom stereocenters. The summed E-state index contributed by atoms with van der Waals surface area (Å²) in [7, 11) is 0. The molecule has 0 radical (unpaired) electrons. The van der Waals surface area contributed by atoms with E-state index in [0.717, 1.165) is 32.1 Å². The summed E-state index contributed by atoms with van der Waals surface area (Å²) in [4.78, 5) is 15.4. The molecule has 2 aromatic carbocycles. The molecule has 4 rings (SSSR count). The third kappa shape index (κ3) is 4.69. The fourth-order valence-electron chi connectivity index (χ4n) is 5.12. The fraction of sp³-hybridized carbons (Fsp3) is 0.481. The summed E-state index contributed by atoms with van der Waals surface area (Å²) in [6.45, 7) is 2.88. The van der Waals surface area contributed by atoms with Crippen molar-refractivity contribution in [2.75, 3.05) is 0 Å². The van der Waals surface area contributed by atoms with Gasteiger partial charge in [-0.3, -0.25) is 4.79 Å². The molecule has 2 saturated carbocycles. The maximum Gasteiger partial charge on any atom is 0.421 e. The van der Waals surface area contributed by atoms with E-state index >= 15 is 0 Å². The van der Waals surface area contributed by atoms with Gasteiger partial charge in [0.2, 0.25) is 0 Å². The van der Waals surface area contributed by atoms with Crippen molar-refractivity contribution < 1.29 is 23.1 Å². The first-order valence-electron chi connectivity index (χ1n) is 11.7. The SMILES string of the molecule is C[C@H]1C[C@H](c2ccc(C#N)cc2)CC[C@@H]1N(C(=O)c1ccc([C@](C)(O)C(F)(F)F)cc1)C1CC1. The zero-order valence-electron chi connectivity index (χ0n) is 19.3. The molecule has 180 valence electrons. The number of benzene rings is 2. The Kier molecular flexibility index (Phi) is 6.48. The molecule has 2 fully saturated rings. The highest BCUT2D eigenvalue weighted by atomic mass is 19.4. The van der Waals surface area contributed by atoms with Crippen molar-refractivity contribution >= 4 is 5.91 Å². The van der Waals surface area contributed by atoms with Crippen LogP contribution in [0, 0.1) is 17.2 Å². The van der Waals surface area contributed by atoms with Crippen molar-refractivity contribution in [1.29, 1.82) is 5.26 Å². The molecule has 0 spiro atoms. The minimum atomic E-state index is -4.80. The molecular weight excluding hydrogens is 441 g/mol. The van der Waals surface area contributed by atoms with Gasteiger partial charge >= 0.3 is 6.18 Å². The molecule has 34 heavy (non-hydrogen) atoms. The molecule has 2 aromatic rings. The van der Waals surface area contributed by atoms with Crippen LogP contribution in [0.4, 0.5) is 13.2 Å². The number of rotatable bonds is 5. The van der Waals surface area contributed by atoms with Crippen LogP contribution in [0.2, 0.25) is 0 Å². The number of aliphatic hydroxyl groups is 1. The third-order valence-corrected chi connectivity index (χ3v) is 7.41. The van der Waals surface area contributed by atoms with E-state index in [2.05, 4.69) is 13.0 Å². The van der Waals surface area contributed by atoms with Crippen molar-refractivity contribution in [1.82, 2.24) is 4.90 Å². The Labute approximate surface area is 198 Å². The number of alkyl halides is 3. The van der Waals surface area contributed by atoms with Gasteiger partial charge in [0.05, 0.1) is 11.6 Å². The predicted molar refractivity (Wildman–Crippen MR) is 122 cm³/mol. The molecule has 1 N–H and O–H groups in total. The first kappa shape index (κ1) is 24.3. The van der Waals surface area contributed by atoms with Gasteiger partial charge in [-0.15, -0.1) is 0 Å². The molecule has 2 aliphatic rings. The van der Waals surface area contributed by atoms with Crippen molar-refractivity contribution in [3.05, 3.63) is 70.8 Å². The van der Waals surface area contributed by atoms with Crippen molar-refractivity contribution in [3.8, 4) is 6.07 Å². The summed E-state index contributed by atoms with van der Waals surface area (Å²) in [6, 6.07) is 15.3. The topological polar surface area (TPSA) is 64.3 Å². The standard InChI is InChI=1S/C27H29F3N2O2/c1-17-15-21(19-5-3-18(16-31)4-6-19)9-14-24(17)32(23-12-13-23)25(33)20-7-10-22(11-8-20)26(2,34)27(28,29)30/h3-8,10-11,17,21,23-24,34H,9,12-15H2,1-2H3/t17-,21+,24-,26-/m0/s1. The van der Waals surface area contributed by atoms with Crippen molar-refractivity contribution in [3.63, 3.8) is 0 Å². The number of nitrogens with zero attached hydrogens (tertiary/aromatic N) is 2. The van der Waals surface area contributed by atoms with E-state index in [1.807, 2.05) is 29.2 Å². The van der Waals surface area contributed by atoms with Gasteiger partial charge in [0.15, 0.2) is 5.60 Å². The van der Waals surface area contributed by atoms with Gasteiger partial charge in [-0.25, -0.2) is 0 Å². The molecule has 7 heteroatoms. The summed E-state index contributed by atoms with van der Waals surface area (Å²) < 4.78 is 39.5. The molecule has 0 aliphatic heterocycles. The normalized spacial score (nSPS) is 24.7. The van der Waals surface area contributed by atoms with Gasteiger partial charge in [0.1, 0.15) is 0 Å². The summed E-state index contributed by atoms with van der Waals surface area (Å²) >= 11 is 0. The van der Waals surface area contributed by atoms with Crippen LogP contribution in [-0.2, 0) is 5.60 Å². The Morgan fingerprint density at radius 2 is 1.65 bits per heavy atom. The van der Waals surface area contributed by atoms with Gasteiger partial charge < -0.3 is 10.0 Å². The second kappa shape index (κ2) is 9.07. The summed E-state index contributed by atoms with van der Waals surface area (Å²) in [5.41, 5.74) is -1.07. The first-order chi connectivity index (χ1) is 16.0. The van der Waals surface area contributed by atoms with Crippen molar-refractivity contribution in [2.45, 2.75) is 75.7 Å². The molecule has 0 saturated heterocycles. The summed E-state index contributed by atoms with van der Waals surface area (Å²) in [5.74, 6) is 0.484. The van der Waals surface area contributed by atoms with Gasteiger partial charge in [-0.1, -0.05) is 31.2 Å². The summed E-state index contributed by atoms with van der Waals surface area (Å²) in [5, 5.41) is 18.9. The number of nitriles is 1. The molecule has 2 aliphatic carbocycles. The fourth-order valence-corrected chi connectivity index (χ4v) is 5.12. The zero-order valence-corrected chi connectivity index (χ0v) is 19.3. The van der Waals surface area contributed by atoms with Crippen LogP contribution < -0.4 is 0 Å². The maximum atomic E-state index is 13.5. The number of amides is 1. The number of carbonyl (C=O) groups excluding carboxylic acids is 1. The Bertz CT molecular complexity index is 1070. The molecule has 4 nitrogen and oxygen atoms in total. The average molecular weight is 471 g/mol. The first-order valence-corrected chi connectivity index (χ1v) is 11.7. The molecule has 0 bridgehead atoms. The van der Waals surface area contributed by atoms with Gasteiger partial charge in [0.25, 0.3) is 5.91 Å².